The van der Waals surface area contributed by atoms with Gasteiger partial charge in [0.05, 0.1) is 17.1 Å². The first kappa shape index (κ1) is 12.3. The third-order valence-corrected chi connectivity index (χ3v) is 2.30. The van der Waals surface area contributed by atoms with Crippen molar-refractivity contribution in [3.8, 4) is 5.75 Å². The lowest BCUT2D eigenvalue weighted by Crippen LogP contribution is -2.10. The standard InChI is InChI=1S/C11H16N2O3/c1-4-8(2)16-11-6-9(12-3)5-10(7-11)13(14)15/h5-8,12H,4H2,1-3H3. The first-order valence-electron chi connectivity index (χ1n) is 5.20. The fourth-order valence-corrected chi connectivity index (χ4v) is 1.22. The van der Waals surface area contributed by atoms with Gasteiger partial charge in [-0.05, 0) is 13.3 Å². The highest BCUT2D eigenvalue weighted by molar-refractivity contribution is 5.56. The molecule has 1 N–H and O–H groups in total. The summed E-state index contributed by atoms with van der Waals surface area (Å²) >= 11 is 0. The Bertz CT molecular complexity index is 379. The zero-order valence-corrected chi connectivity index (χ0v) is 9.69. The van der Waals surface area contributed by atoms with Crippen molar-refractivity contribution in [2.75, 3.05) is 12.4 Å². The van der Waals surface area contributed by atoms with Crippen molar-refractivity contribution in [1.29, 1.82) is 0 Å². The highest BCUT2D eigenvalue weighted by atomic mass is 16.6. The van der Waals surface area contributed by atoms with E-state index >= 15 is 0 Å². The molecule has 0 spiro atoms. The molecule has 0 fully saturated rings. The Morgan fingerprint density at radius 3 is 2.69 bits per heavy atom. The van der Waals surface area contributed by atoms with Crippen LogP contribution in [0.1, 0.15) is 20.3 Å². The van der Waals surface area contributed by atoms with E-state index in [0.717, 1.165) is 6.42 Å². The highest BCUT2D eigenvalue weighted by Crippen LogP contribution is 2.26. The van der Waals surface area contributed by atoms with Gasteiger partial charge in [-0.1, -0.05) is 6.92 Å². The Morgan fingerprint density at radius 1 is 1.50 bits per heavy atom. The van der Waals surface area contributed by atoms with E-state index in [9.17, 15) is 10.1 Å². The molecular weight excluding hydrogens is 208 g/mol. The van der Waals surface area contributed by atoms with Gasteiger partial charge in [-0.3, -0.25) is 10.1 Å². The maximum absolute atomic E-state index is 10.7. The molecule has 0 aliphatic heterocycles. The smallest absolute Gasteiger partial charge is 0.275 e. The largest absolute Gasteiger partial charge is 0.490 e. The van der Waals surface area contributed by atoms with Gasteiger partial charge in [0.2, 0.25) is 0 Å². The lowest BCUT2D eigenvalue weighted by molar-refractivity contribution is -0.384. The zero-order valence-electron chi connectivity index (χ0n) is 9.69. The quantitative estimate of drug-likeness (QED) is 0.617. The van der Waals surface area contributed by atoms with Gasteiger partial charge in [-0.15, -0.1) is 0 Å². The van der Waals surface area contributed by atoms with Crippen LogP contribution in [0.25, 0.3) is 0 Å². The van der Waals surface area contributed by atoms with Crippen LogP contribution in [0.4, 0.5) is 11.4 Å². The van der Waals surface area contributed by atoms with Crippen LogP contribution < -0.4 is 10.1 Å². The van der Waals surface area contributed by atoms with Crippen LogP contribution in [0.5, 0.6) is 5.75 Å². The number of nitro groups is 1. The van der Waals surface area contributed by atoms with Gasteiger partial charge < -0.3 is 10.1 Å². The van der Waals surface area contributed by atoms with Gasteiger partial charge in [0, 0.05) is 24.9 Å². The van der Waals surface area contributed by atoms with E-state index in [1.54, 1.807) is 13.1 Å². The van der Waals surface area contributed by atoms with Crippen molar-refractivity contribution in [2.24, 2.45) is 0 Å². The minimum atomic E-state index is -0.426. The minimum Gasteiger partial charge on any atom is -0.490 e. The number of nitrogens with zero attached hydrogens (tertiary/aromatic N) is 1. The molecule has 5 nitrogen and oxygen atoms in total. The van der Waals surface area contributed by atoms with Crippen molar-refractivity contribution < 1.29 is 9.66 Å². The summed E-state index contributed by atoms with van der Waals surface area (Å²) < 4.78 is 5.55. The molecule has 0 saturated carbocycles. The molecule has 1 aromatic rings. The van der Waals surface area contributed by atoms with E-state index in [1.165, 1.54) is 12.1 Å². The van der Waals surface area contributed by atoms with Crippen LogP contribution in [-0.2, 0) is 0 Å². The lowest BCUT2D eigenvalue weighted by atomic mass is 10.2. The van der Waals surface area contributed by atoms with Crippen LogP contribution in [-0.4, -0.2) is 18.1 Å². The normalized spacial score (nSPS) is 11.9. The summed E-state index contributed by atoms with van der Waals surface area (Å²) in [6.07, 6.45) is 0.907. The summed E-state index contributed by atoms with van der Waals surface area (Å²) in [6.45, 7) is 3.93. The predicted molar refractivity (Wildman–Crippen MR) is 63.0 cm³/mol. The van der Waals surface area contributed by atoms with Gasteiger partial charge in [0.25, 0.3) is 5.69 Å². The summed E-state index contributed by atoms with van der Waals surface area (Å²) in [5.41, 5.74) is 0.706. The Labute approximate surface area is 94.6 Å². The number of hydrogen-bond acceptors (Lipinski definition) is 4. The molecule has 0 aromatic heterocycles. The van der Waals surface area contributed by atoms with Crippen LogP contribution in [0.2, 0.25) is 0 Å². The third kappa shape index (κ3) is 3.12. The second kappa shape index (κ2) is 5.34. The van der Waals surface area contributed by atoms with E-state index in [4.69, 9.17) is 4.74 Å². The first-order chi connectivity index (χ1) is 7.56. The third-order valence-electron chi connectivity index (χ3n) is 2.30. The molecule has 1 unspecified atom stereocenters. The molecule has 16 heavy (non-hydrogen) atoms. The molecule has 0 amide bonds. The molecule has 1 aromatic carbocycles. The summed E-state index contributed by atoms with van der Waals surface area (Å²) in [6, 6.07) is 4.66. The summed E-state index contributed by atoms with van der Waals surface area (Å²) in [7, 11) is 1.71. The molecule has 1 atom stereocenters. The molecular formula is C11H16N2O3. The second-order valence-electron chi connectivity index (χ2n) is 3.56. The van der Waals surface area contributed by atoms with Crippen LogP contribution >= 0.6 is 0 Å². The van der Waals surface area contributed by atoms with Crippen molar-refractivity contribution in [1.82, 2.24) is 0 Å². The molecule has 1 rings (SSSR count). The fourth-order valence-electron chi connectivity index (χ4n) is 1.22. The monoisotopic (exact) mass is 224 g/mol. The van der Waals surface area contributed by atoms with Crippen molar-refractivity contribution >= 4 is 11.4 Å². The SMILES string of the molecule is CCC(C)Oc1cc(NC)cc([N+](=O)[O-])c1. The highest BCUT2D eigenvalue weighted by Gasteiger charge is 2.11. The Balaban J connectivity index is 2.99. The van der Waals surface area contributed by atoms with E-state index in [0.29, 0.717) is 11.4 Å². The van der Waals surface area contributed by atoms with Gasteiger partial charge in [0.1, 0.15) is 5.75 Å². The van der Waals surface area contributed by atoms with Crippen molar-refractivity contribution in [3.05, 3.63) is 28.3 Å². The van der Waals surface area contributed by atoms with E-state index < -0.39 is 4.92 Å². The minimum absolute atomic E-state index is 0.0325. The number of rotatable bonds is 5. The molecule has 5 heteroatoms. The average molecular weight is 224 g/mol. The van der Waals surface area contributed by atoms with Crippen molar-refractivity contribution in [3.63, 3.8) is 0 Å². The van der Waals surface area contributed by atoms with Gasteiger partial charge in [-0.25, -0.2) is 0 Å². The number of ether oxygens (including phenoxy) is 1. The summed E-state index contributed by atoms with van der Waals surface area (Å²) in [5.74, 6) is 0.521. The molecule has 0 radical (unpaired) electrons. The maximum atomic E-state index is 10.7. The fraction of sp³-hybridized carbons (Fsp3) is 0.455. The predicted octanol–water partition coefficient (Wildman–Crippen LogP) is 2.81. The molecule has 0 bridgehead atoms. The number of non-ortho nitro benzene ring substituents is 1. The number of nitrogens with one attached hydrogen (secondary N) is 1. The average Bonchev–Trinajstić information content (AvgIpc) is 2.28. The van der Waals surface area contributed by atoms with Crippen molar-refractivity contribution in [2.45, 2.75) is 26.4 Å². The zero-order chi connectivity index (χ0) is 12.1. The lowest BCUT2D eigenvalue weighted by Gasteiger charge is -2.13. The summed E-state index contributed by atoms with van der Waals surface area (Å²) in [5, 5.41) is 13.6. The summed E-state index contributed by atoms with van der Waals surface area (Å²) in [4.78, 5) is 10.3. The van der Waals surface area contributed by atoms with Gasteiger partial charge in [0.15, 0.2) is 0 Å². The van der Waals surface area contributed by atoms with E-state index in [-0.39, 0.29) is 11.8 Å². The molecule has 0 saturated heterocycles. The second-order valence-corrected chi connectivity index (χ2v) is 3.56. The molecule has 0 aliphatic carbocycles. The molecule has 0 aliphatic rings. The van der Waals surface area contributed by atoms with E-state index in [2.05, 4.69) is 5.32 Å². The number of anilines is 1. The Morgan fingerprint density at radius 2 is 2.19 bits per heavy atom. The molecule has 88 valence electrons. The van der Waals surface area contributed by atoms with Gasteiger partial charge in [-0.2, -0.15) is 0 Å². The van der Waals surface area contributed by atoms with Crippen LogP contribution in [0.15, 0.2) is 18.2 Å². The first-order valence-corrected chi connectivity index (χ1v) is 5.20. The van der Waals surface area contributed by atoms with Crippen LogP contribution in [0, 0.1) is 10.1 Å². The molecule has 0 heterocycles. The Kier molecular flexibility index (Phi) is 4.10. The number of benzene rings is 1. The van der Waals surface area contributed by atoms with Gasteiger partial charge >= 0.3 is 0 Å². The van der Waals surface area contributed by atoms with Crippen LogP contribution in [0.3, 0.4) is 0 Å². The number of nitro benzene ring substituents is 1. The van der Waals surface area contributed by atoms with E-state index in [1.807, 2.05) is 13.8 Å². The maximum Gasteiger partial charge on any atom is 0.275 e. The topological polar surface area (TPSA) is 64.4 Å². The Hall–Kier alpha value is -1.78. The number of hydrogen-bond donors (Lipinski definition) is 1.